The van der Waals surface area contributed by atoms with Gasteiger partial charge in [0.15, 0.2) is 6.61 Å². The fourth-order valence-corrected chi connectivity index (χ4v) is 2.88. The quantitative estimate of drug-likeness (QED) is 0.828. The van der Waals surface area contributed by atoms with Gasteiger partial charge in [0, 0.05) is 12.7 Å². The summed E-state index contributed by atoms with van der Waals surface area (Å²) in [7, 11) is 0. The molecule has 3 rings (SSSR count). The number of benzene rings is 2. The van der Waals surface area contributed by atoms with Crippen LogP contribution in [0.4, 0.5) is 4.39 Å². The molecule has 0 aromatic heterocycles. The van der Waals surface area contributed by atoms with Crippen LogP contribution in [0.1, 0.15) is 16.7 Å². The van der Waals surface area contributed by atoms with Gasteiger partial charge in [0.2, 0.25) is 0 Å². The Morgan fingerprint density at radius 1 is 1.21 bits per heavy atom. The molecule has 1 unspecified atom stereocenters. The van der Waals surface area contributed by atoms with E-state index in [1.807, 2.05) is 30.3 Å². The van der Waals surface area contributed by atoms with Crippen molar-refractivity contribution in [1.29, 1.82) is 0 Å². The van der Waals surface area contributed by atoms with E-state index in [1.54, 1.807) is 6.07 Å². The van der Waals surface area contributed by atoms with Gasteiger partial charge < -0.3 is 14.6 Å². The molecule has 0 bridgehead atoms. The first-order valence-corrected chi connectivity index (χ1v) is 7.90. The van der Waals surface area contributed by atoms with Gasteiger partial charge in [0.05, 0.1) is 0 Å². The van der Waals surface area contributed by atoms with Crippen molar-refractivity contribution >= 4 is 5.97 Å². The molecule has 0 saturated carbocycles. The van der Waals surface area contributed by atoms with Gasteiger partial charge in [-0.25, -0.2) is 9.18 Å². The lowest BCUT2D eigenvalue weighted by atomic mass is 10.1. The standard InChI is InChI=1S/C19H19FO4/c20-18-9-16(8-15-6-14(10-21)7-17(15)18)23-12-19(22)24-11-13-4-2-1-3-5-13/h1-5,8-9,14,21H,6-7,10-12H2. The zero-order valence-corrected chi connectivity index (χ0v) is 13.2. The molecule has 0 heterocycles. The van der Waals surface area contributed by atoms with Gasteiger partial charge >= 0.3 is 5.97 Å². The highest BCUT2D eigenvalue weighted by Gasteiger charge is 2.24. The van der Waals surface area contributed by atoms with Crippen molar-refractivity contribution in [2.24, 2.45) is 5.92 Å². The van der Waals surface area contributed by atoms with Gasteiger partial charge in [-0.1, -0.05) is 30.3 Å². The third-order valence-electron chi connectivity index (χ3n) is 4.12. The monoisotopic (exact) mass is 330 g/mol. The summed E-state index contributed by atoms with van der Waals surface area (Å²) in [5.74, 6) is -0.494. The molecular weight excluding hydrogens is 311 g/mol. The minimum Gasteiger partial charge on any atom is -0.482 e. The maximum Gasteiger partial charge on any atom is 0.344 e. The number of aliphatic hydroxyl groups is 1. The molecule has 1 aliphatic rings. The fourth-order valence-electron chi connectivity index (χ4n) is 2.88. The van der Waals surface area contributed by atoms with Gasteiger partial charge in [-0.3, -0.25) is 0 Å². The van der Waals surface area contributed by atoms with Gasteiger partial charge in [0.25, 0.3) is 0 Å². The lowest BCUT2D eigenvalue weighted by Crippen LogP contribution is -2.15. The molecule has 0 amide bonds. The van der Waals surface area contributed by atoms with Gasteiger partial charge in [-0.2, -0.15) is 0 Å². The SMILES string of the molecule is O=C(COc1cc(F)c2c(c1)CC(CO)C2)OCc1ccccc1. The number of fused-ring (bicyclic) bond motifs is 1. The molecule has 1 N–H and O–H groups in total. The van der Waals surface area contributed by atoms with Crippen molar-refractivity contribution in [3.63, 3.8) is 0 Å². The van der Waals surface area contributed by atoms with Crippen LogP contribution in [0.25, 0.3) is 0 Å². The van der Waals surface area contributed by atoms with Crippen molar-refractivity contribution in [3.05, 3.63) is 65.0 Å². The average molecular weight is 330 g/mol. The third kappa shape index (κ3) is 3.92. The number of carbonyl (C=O) groups is 1. The van der Waals surface area contributed by atoms with Gasteiger partial charge in [0.1, 0.15) is 18.2 Å². The summed E-state index contributed by atoms with van der Waals surface area (Å²) in [6, 6.07) is 12.4. The second-order valence-electron chi connectivity index (χ2n) is 5.93. The van der Waals surface area contributed by atoms with E-state index >= 15 is 0 Å². The van der Waals surface area contributed by atoms with E-state index < -0.39 is 5.97 Å². The molecular formula is C19H19FO4. The molecule has 0 radical (unpaired) electrons. The molecule has 24 heavy (non-hydrogen) atoms. The number of rotatable bonds is 6. The molecule has 0 spiro atoms. The number of ether oxygens (including phenoxy) is 2. The van der Waals surface area contributed by atoms with Crippen LogP contribution in [0.3, 0.4) is 0 Å². The number of carbonyl (C=O) groups excluding carboxylic acids is 1. The van der Waals surface area contributed by atoms with Gasteiger partial charge in [-0.05, 0) is 41.5 Å². The highest BCUT2D eigenvalue weighted by molar-refractivity contribution is 5.71. The van der Waals surface area contributed by atoms with Crippen molar-refractivity contribution in [3.8, 4) is 5.75 Å². The molecule has 1 aliphatic carbocycles. The van der Waals surface area contributed by atoms with Crippen molar-refractivity contribution < 1.29 is 23.8 Å². The third-order valence-corrected chi connectivity index (χ3v) is 4.12. The Morgan fingerprint density at radius 3 is 2.75 bits per heavy atom. The molecule has 0 fully saturated rings. The second kappa shape index (κ2) is 7.45. The van der Waals surface area contributed by atoms with Gasteiger partial charge in [-0.15, -0.1) is 0 Å². The van der Waals surface area contributed by atoms with E-state index in [0.717, 1.165) is 11.1 Å². The predicted molar refractivity (Wildman–Crippen MR) is 86.1 cm³/mol. The highest BCUT2D eigenvalue weighted by Crippen LogP contribution is 2.32. The number of halogens is 1. The number of aliphatic hydroxyl groups excluding tert-OH is 1. The predicted octanol–water partition coefficient (Wildman–Crippen LogP) is 2.66. The van der Waals surface area contributed by atoms with Crippen LogP contribution in [0.5, 0.6) is 5.75 Å². The largest absolute Gasteiger partial charge is 0.482 e. The smallest absolute Gasteiger partial charge is 0.344 e. The van der Waals surface area contributed by atoms with E-state index in [4.69, 9.17) is 9.47 Å². The minimum absolute atomic E-state index is 0.0378. The molecule has 0 aliphatic heterocycles. The first kappa shape index (κ1) is 16.5. The van der Waals surface area contributed by atoms with Crippen LogP contribution >= 0.6 is 0 Å². The van der Waals surface area contributed by atoms with Crippen molar-refractivity contribution in [1.82, 2.24) is 0 Å². The number of esters is 1. The summed E-state index contributed by atoms with van der Waals surface area (Å²) in [4.78, 5) is 11.7. The number of hydrogen-bond donors (Lipinski definition) is 1. The lowest BCUT2D eigenvalue weighted by Gasteiger charge is -2.09. The van der Waals surface area contributed by atoms with Crippen LogP contribution in [0, 0.1) is 11.7 Å². The summed E-state index contributed by atoms with van der Waals surface area (Å²) in [6.07, 6.45) is 1.16. The van der Waals surface area contributed by atoms with Crippen LogP contribution < -0.4 is 4.74 Å². The van der Waals surface area contributed by atoms with E-state index in [2.05, 4.69) is 0 Å². The van der Waals surface area contributed by atoms with E-state index in [-0.39, 0.29) is 31.6 Å². The van der Waals surface area contributed by atoms with E-state index in [0.29, 0.717) is 24.2 Å². The summed E-state index contributed by atoms with van der Waals surface area (Å²) >= 11 is 0. The zero-order valence-electron chi connectivity index (χ0n) is 13.2. The van der Waals surface area contributed by atoms with Crippen molar-refractivity contribution in [2.45, 2.75) is 19.4 Å². The minimum atomic E-state index is -0.506. The van der Waals surface area contributed by atoms with Crippen LogP contribution in [0.2, 0.25) is 0 Å². The highest BCUT2D eigenvalue weighted by atomic mass is 19.1. The summed E-state index contributed by atoms with van der Waals surface area (Å²) in [6.45, 7) is -0.0512. The van der Waals surface area contributed by atoms with Crippen molar-refractivity contribution in [2.75, 3.05) is 13.2 Å². The molecule has 4 nitrogen and oxygen atoms in total. The maximum absolute atomic E-state index is 14.1. The number of hydrogen-bond acceptors (Lipinski definition) is 4. The Hall–Kier alpha value is -2.40. The Kier molecular flexibility index (Phi) is 5.11. The lowest BCUT2D eigenvalue weighted by molar-refractivity contribution is -0.147. The molecule has 0 saturated heterocycles. The van der Waals surface area contributed by atoms with Crippen LogP contribution in [0.15, 0.2) is 42.5 Å². The summed E-state index contributed by atoms with van der Waals surface area (Å²) in [5.41, 5.74) is 2.36. The molecule has 2 aromatic rings. The van der Waals surface area contributed by atoms with E-state index in [1.165, 1.54) is 6.07 Å². The Morgan fingerprint density at radius 2 is 2.00 bits per heavy atom. The van der Waals surface area contributed by atoms with Crippen LogP contribution in [-0.4, -0.2) is 24.3 Å². The Labute approximate surface area is 139 Å². The fraction of sp³-hybridized carbons (Fsp3) is 0.316. The molecule has 126 valence electrons. The topological polar surface area (TPSA) is 55.8 Å². The second-order valence-corrected chi connectivity index (χ2v) is 5.93. The van der Waals surface area contributed by atoms with Crippen LogP contribution in [-0.2, 0) is 29.0 Å². The summed E-state index contributed by atoms with van der Waals surface area (Å²) in [5, 5.41) is 9.21. The average Bonchev–Trinajstić information content (AvgIpc) is 3.03. The molecule has 2 aromatic carbocycles. The first-order valence-electron chi connectivity index (χ1n) is 7.90. The molecule has 5 heteroatoms. The molecule has 1 atom stereocenters. The Balaban J connectivity index is 1.54. The maximum atomic E-state index is 14.1. The normalized spacial score (nSPS) is 15.8. The first-order chi connectivity index (χ1) is 11.7. The zero-order chi connectivity index (χ0) is 16.9. The summed E-state index contributed by atoms with van der Waals surface area (Å²) < 4.78 is 24.5. The Bertz CT molecular complexity index is 715. The van der Waals surface area contributed by atoms with E-state index in [9.17, 15) is 14.3 Å².